The first-order valence-electron chi connectivity index (χ1n) is 9.87. The number of carbonyl (C=O) groups is 1. The molecule has 0 radical (unpaired) electrons. The lowest BCUT2D eigenvalue weighted by Gasteiger charge is -2.36. The lowest BCUT2D eigenvalue weighted by molar-refractivity contribution is 0.165. The van der Waals surface area contributed by atoms with Crippen molar-refractivity contribution in [2.75, 3.05) is 29.9 Å². The number of carbonyl (C=O) groups excluding carboxylic acids is 1. The van der Waals surface area contributed by atoms with Gasteiger partial charge >= 0.3 is 6.03 Å². The number of rotatable bonds is 3. The summed E-state index contributed by atoms with van der Waals surface area (Å²) in [6.07, 6.45) is 3.07. The maximum atomic E-state index is 14.4. The molecular formula is C20H21F2N7O. The fraction of sp³-hybridized carbons (Fsp3) is 0.350. The van der Waals surface area contributed by atoms with Crippen molar-refractivity contribution in [2.45, 2.75) is 24.9 Å². The third-order valence-corrected chi connectivity index (χ3v) is 5.64. The topological polar surface area (TPSA) is 91.8 Å². The summed E-state index contributed by atoms with van der Waals surface area (Å²) >= 11 is 0. The molecule has 2 aromatic heterocycles. The number of hydrogen-bond acceptors (Lipinski definition) is 5. The summed E-state index contributed by atoms with van der Waals surface area (Å²) in [5, 5.41) is 7.43. The van der Waals surface area contributed by atoms with Crippen LogP contribution in [-0.2, 0) is 0 Å². The smallest absolute Gasteiger partial charge is 0.323 e. The van der Waals surface area contributed by atoms with Gasteiger partial charge in [-0.3, -0.25) is 5.32 Å². The zero-order valence-electron chi connectivity index (χ0n) is 16.1. The summed E-state index contributed by atoms with van der Waals surface area (Å²) in [6.45, 7) is 1.69. The summed E-state index contributed by atoms with van der Waals surface area (Å²) < 4.78 is 29.6. The summed E-state index contributed by atoms with van der Waals surface area (Å²) in [5.41, 5.74) is 6.63. The van der Waals surface area contributed by atoms with Crippen molar-refractivity contribution in [1.82, 2.24) is 19.5 Å². The Labute approximate surface area is 171 Å². The van der Waals surface area contributed by atoms with Gasteiger partial charge in [-0.25, -0.2) is 18.6 Å². The molecule has 3 aromatic rings. The van der Waals surface area contributed by atoms with Crippen LogP contribution in [0.15, 0.2) is 36.5 Å². The van der Waals surface area contributed by atoms with Crippen LogP contribution in [-0.4, -0.2) is 51.2 Å². The van der Waals surface area contributed by atoms with Crippen molar-refractivity contribution in [2.24, 2.45) is 5.73 Å². The number of aromatic nitrogens is 3. The SMILES string of the molecule is NC1CN(C(=O)Nc2cnc3ccc(N4CCCC4c4cc(F)ccc4F)nn23)C1. The number of likely N-dealkylation sites (tertiary alicyclic amines) is 1. The first-order chi connectivity index (χ1) is 14.5. The monoisotopic (exact) mass is 413 g/mol. The number of urea groups is 1. The second-order valence-corrected chi connectivity index (χ2v) is 7.72. The molecule has 0 spiro atoms. The van der Waals surface area contributed by atoms with Crippen molar-refractivity contribution in [1.29, 1.82) is 0 Å². The first kappa shape index (κ1) is 18.7. The molecule has 2 saturated heterocycles. The predicted octanol–water partition coefficient (Wildman–Crippen LogP) is 2.52. The van der Waals surface area contributed by atoms with Crippen molar-refractivity contribution < 1.29 is 13.6 Å². The van der Waals surface area contributed by atoms with E-state index in [-0.39, 0.29) is 18.1 Å². The van der Waals surface area contributed by atoms with Gasteiger partial charge in [-0.05, 0) is 43.2 Å². The minimum Gasteiger partial charge on any atom is -0.348 e. The number of anilines is 2. The molecule has 10 heteroatoms. The fourth-order valence-corrected chi connectivity index (χ4v) is 4.10. The molecule has 2 amide bonds. The van der Waals surface area contributed by atoms with Crippen LogP contribution in [0.25, 0.3) is 5.65 Å². The molecule has 8 nitrogen and oxygen atoms in total. The van der Waals surface area contributed by atoms with Crippen molar-refractivity contribution in [3.63, 3.8) is 0 Å². The van der Waals surface area contributed by atoms with E-state index in [2.05, 4.69) is 15.4 Å². The van der Waals surface area contributed by atoms with Gasteiger partial charge < -0.3 is 15.5 Å². The Morgan fingerprint density at radius 2 is 2.03 bits per heavy atom. The molecule has 2 aliphatic rings. The molecule has 1 aromatic carbocycles. The molecule has 156 valence electrons. The Morgan fingerprint density at radius 1 is 1.20 bits per heavy atom. The number of halogens is 2. The third kappa shape index (κ3) is 3.22. The number of benzene rings is 1. The minimum atomic E-state index is -0.466. The molecule has 1 unspecified atom stereocenters. The summed E-state index contributed by atoms with van der Waals surface area (Å²) in [6, 6.07) is 6.56. The van der Waals surface area contributed by atoms with Gasteiger partial charge in [0.25, 0.3) is 0 Å². The standard InChI is InChI=1S/C20H21F2N7O/c21-12-3-4-15(22)14(8-12)16-2-1-7-28(16)18-6-5-17-24-9-19(29(17)26-18)25-20(30)27-10-13(23)11-27/h3-6,8-9,13,16H,1-2,7,10-11,23H2,(H,25,30). The lowest BCUT2D eigenvalue weighted by atomic mass is 10.0. The Morgan fingerprint density at radius 3 is 2.83 bits per heavy atom. The second kappa shape index (κ2) is 7.21. The van der Waals surface area contributed by atoms with Crippen LogP contribution in [0.5, 0.6) is 0 Å². The van der Waals surface area contributed by atoms with E-state index in [4.69, 9.17) is 5.73 Å². The van der Waals surface area contributed by atoms with Gasteiger partial charge in [0.05, 0.1) is 12.2 Å². The van der Waals surface area contributed by atoms with Gasteiger partial charge in [0.1, 0.15) is 17.5 Å². The van der Waals surface area contributed by atoms with Gasteiger partial charge in [-0.15, -0.1) is 5.10 Å². The molecule has 3 N–H and O–H groups in total. The van der Waals surface area contributed by atoms with E-state index in [9.17, 15) is 13.6 Å². The lowest BCUT2D eigenvalue weighted by Crippen LogP contribution is -2.59. The van der Waals surface area contributed by atoms with E-state index in [1.54, 1.807) is 21.5 Å². The van der Waals surface area contributed by atoms with Gasteiger partial charge in [-0.2, -0.15) is 4.52 Å². The van der Waals surface area contributed by atoms with Crippen molar-refractivity contribution in [3.05, 3.63) is 53.7 Å². The number of hydrogen-bond donors (Lipinski definition) is 2. The zero-order valence-corrected chi connectivity index (χ0v) is 16.1. The number of fused-ring (bicyclic) bond motifs is 1. The first-order valence-corrected chi connectivity index (χ1v) is 9.87. The zero-order chi connectivity index (χ0) is 20.8. The molecule has 1 atom stereocenters. The molecule has 0 saturated carbocycles. The molecule has 4 heterocycles. The number of amides is 2. The molecule has 30 heavy (non-hydrogen) atoms. The third-order valence-electron chi connectivity index (χ3n) is 5.64. The van der Waals surface area contributed by atoms with Gasteiger partial charge in [-0.1, -0.05) is 0 Å². The normalized spacial score (nSPS) is 19.4. The fourth-order valence-electron chi connectivity index (χ4n) is 4.10. The summed E-state index contributed by atoms with van der Waals surface area (Å²) in [5.74, 6) is 0.142. The molecule has 2 aliphatic heterocycles. The minimum absolute atomic E-state index is 0.0120. The van der Waals surface area contributed by atoms with Crippen LogP contribution in [0.4, 0.5) is 25.2 Å². The molecule has 5 rings (SSSR count). The Bertz CT molecular complexity index is 1110. The predicted molar refractivity (Wildman–Crippen MR) is 107 cm³/mol. The molecule has 0 bridgehead atoms. The maximum Gasteiger partial charge on any atom is 0.323 e. The van der Waals surface area contributed by atoms with E-state index < -0.39 is 11.6 Å². The summed E-state index contributed by atoms with van der Waals surface area (Å²) in [4.78, 5) is 20.2. The van der Waals surface area contributed by atoms with Gasteiger partial charge in [0, 0.05) is 31.2 Å². The highest BCUT2D eigenvalue weighted by Gasteiger charge is 2.31. The number of nitrogens with one attached hydrogen (secondary N) is 1. The second-order valence-electron chi connectivity index (χ2n) is 7.72. The average molecular weight is 413 g/mol. The summed E-state index contributed by atoms with van der Waals surface area (Å²) in [7, 11) is 0. The van der Waals surface area contributed by atoms with Crippen LogP contribution in [0, 0.1) is 11.6 Å². The van der Waals surface area contributed by atoms with Crippen LogP contribution in [0.3, 0.4) is 0 Å². The van der Waals surface area contributed by atoms with E-state index in [0.717, 1.165) is 18.6 Å². The van der Waals surface area contributed by atoms with E-state index >= 15 is 0 Å². The Hall–Kier alpha value is -3.27. The molecule has 2 fully saturated rings. The number of imidazole rings is 1. The van der Waals surface area contributed by atoms with Crippen molar-refractivity contribution in [3.8, 4) is 0 Å². The maximum absolute atomic E-state index is 14.4. The quantitative estimate of drug-likeness (QED) is 0.689. The number of nitrogens with two attached hydrogens (primary N) is 1. The Balaban J connectivity index is 1.44. The van der Waals surface area contributed by atoms with Crippen LogP contribution < -0.4 is 16.0 Å². The number of nitrogens with zero attached hydrogens (tertiary/aromatic N) is 5. The van der Waals surface area contributed by atoms with E-state index in [1.807, 2.05) is 4.90 Å². The van der Waals surface area contributed by atoms with Gasteiger partial charge in [0.2, 0.25) is 0 Å². The highest BCUT2D eigenvalue weighted by molar-refractivity contribution is 5.89. The van der Waals surface area contributed by atoms with Crippen LogP contribution in [0.2, 0.25) is 0 Å². The van der Waals surface area contributed by atoms with E-state index in [1.165, 1.54) is 12.3 Å². The Kier molecular flexibility index (Phi) is 4.50. The van der Waals surface area contributed by atoms with Crippen molar-refractivity contribution >= 4 is 23.3 Å². The molecular weight excluding hydrogens is 392 g/mol. The average Bonchev–Trinajstić information content (AvgIpc) is 3.34. The highest BCUT2D eigenvalue weighted by Crippen LogP contribution is 2.36. The highest BCUT2D eigenvalue weighted by atomic mass is 19.1. The largest absolute Gasteiger partial charge is 0.348 e. The molecule has 0 aliphatic carbocycles. The van der Waals surface area contributed by atoms with Crippen LogP contribution >= 0.6 is 0 Å². The van der Waals surface area contributed by atoms with Crippen LogP contribution in [0.1, 0.15) is 24.4 Å². The van der Waals surface area contributed by atoms with E-state index in [0.29, 0.717) is 48.9 Å². The van der Waals surface area contributed by atoms with Gasteiger partial charge in [0.15, 0.2) is 11.5 Å².